The summed E-state index contributed by atoms with van der Waals surface area (Å²) in [5, 5.41) is 0. The third-order valence-corrected chi connectivity index (χ3v) is 6.35. The van der Waals surface area contributed by atoms with Gasteiger partial charge in [-0.1, -0.05) is 84.0 Å². The first kappa shape index (κ1) is 31.4. The van der Waals surface area contributed by atoms with Crippen molar-refractivity contribution >= 4 is 11.8 Å². The Labute approximate surface area is 188 Å². The molecule has 0 fully saturated rings. The van der Waals surface area contributed by atoms with E-state index in [-0.39, 0.29) is 0 Å². The Morgan fingerprint density at radius 2 is 0.897 bits per heavy atom. The molecule has 5 heteroatoms. The van der Waals surface area contributed by atoms with Gasteiger partial charge in [0.2, 0.25) is 0 Å². The van der Waals surface area contributed by atoms with Crippen LogP contribution >= 0.6 is 11.8 Å². The molecule has 0 rings (SSSR count). The molecule has 178 valence electrons. The van der Waals surface area contributed by atoms with E-state index < -0.39 is 0 Å². The molecule has 8 N–H and O–H groups in total. The molecule has 0 radical (unpaired) electrons. The maximum Gasteiger partial charge on any atom is 0.00388 e. The highest BCUT2D eigenvalue weighted by Gasteiger charge is 2.02. The average molecular weight is 433 g/mol. The summed E-state index contributed by atoms with van der Waals surface area (Å²) >= 11 is 1.94. The number of hydrogen-bond acceptors (Lipinski definition) is 5. The van der Waals surface area contributed by atoms with Crippen molar-refractivity contribution in [3.8, 4) is 0 Å². The van der Waals surface area contributed by atoms with Crippen LogP contribution in [0.25, 0.3) is 0 Å². The Morgan fingerprint density at radius 1 is 0.517 bits per heavy atom. The zero-order chi connectivity index (χ0) is 21.8. The maximum atomic E-state index is 6.15. The molecule has 0 aromatic heterocycles. The van der Waals surface area contributed by atoms with Gasteiger partial charge in [-0.25, -0.2) is 0 Å². The minimum atomic E-state index is 0.461. The highest BCUT2D eigenvalue weighted by molar-refractivity contribution is 7.99. The summed E-state index contributed by atoms with van der Waals surface area (Å²) in [6.07, 6.45) is 22.4. The summed E-state index contributed by atoms with van der Waals surface area (Å²) < 4.78 is 0. The van der Waals surface area contributed by atoms with Crippen molar-refractivity contribution in [1.29, 1.82) is 0 Å². The summed E-state index contributed by atoms with van der Waals surface area (Å²) in [4.78, 5) is 0. The van der Waals surface area contributed by atoms with Crippen molar-refractivity contribution < 1.29 is 0 Å². The van der Waals surface area contributed by atoms with Crippen molar-refractivity contribution in [3.05, 3.63) is 0 Å². The molecule has 0 heterocycles. The lowest BCUT2D eigenvalue weighted by Crippen LogP contribution is -2.19. The zero-order valence-electron chi connectivity index (χ0n) is 19.9. The lowest BCUT2D eigenvalue weighted by molar-refractivity contribution is 0.485. The molecule has 0 spiro atoms. The van der Waals surface area contributed by atoms with Gasteiger partial charge >= 0.3 is 0 Å². The molecule has 0 aromatic carbocycles. The van der Waals surface area contributed by atoms with Crippen LogP contribution in [0.15, 0.2) is 0 Å². The van der Waals surface area contributed by atoms with Gasteiger partial charge in [-0.15, -0.1) is 0 Å². The molecule has 29 heavy (non-hydrogen) atoms. The Balaban J connectivity index is 0. The fraction of sp³-hybridized carbons (Fsp3) is 1.00. The molecule has 1 unspecified atom stereocenters. The lowest BCUT2D eigenvalue weighted by atomic mass is 10.0. The summed E-state index contributed by atoms with van der Waals surface area (Å²) in [7, 11) is 0. The normalized spacial score (nSPS) is 11.9. The molecule has 0 saturated carbocycles. The van der Waals surface area contributed by atoms with Gasteiger partial charge in [-0.3, -0.25) is 0 Å². The van der Waals surface area contributed by atoms with Gasteiger partial charge < -0.3 is 22.9 Å². The van der Waals surface area contributed by atoms with E-state index in [1.54, 1.807) is 0 Å². The molecule has 0 aliphatic rings. The summed E-state index contributed by atoms with van der Waals surface area (Å²) in [6.45, 7) is 4.75. The van der Waals surface area contributed by atoms with Crippen molar-refractivity contribution in [1.82, 2.24) is 0 Å². The van der Waals surface area contributed by atoms with Crippen LogP contribution in [0.1, 0.15) is 116 Å². The van der Waals surface area contributed by atoms with Gasteiger partial charge in [0.25, 0.3) is 0 Å². The fourth-order valence-electron chi connectivity index (χ4n) is 3.24. The number of thioether (sulfide) groups is 1. The topological polar surface area (TPSA) is 104 Å². The van der Waals surface area contributed by atoms with Crippen LogP contribution < -0.4 is 22.9 Å². The maximum absolute atomic E-state index is 6.15. The van der Waals surface area contributed by atoms with Crippen LogP contribution in [-0.2, 0) is 0 Å². The SMILES string of the molecule is CCCCCCC(N)CCCCCCCCCCCN.NCCCSCCCN. The van der Waals surface area contributed by atoms with Gasteiger partial charge in [-0.2, -0.15) is 11.8 Å². The molecule has 0 amide bonds. The zero-order valence-corrected chi connectivity index (χ0v) is 20.7. The molecule has 0 aliphatic carbocycles. The molecule has 1 atom stereocenters. The van der Waals surface area contributed by atoms with Gasteiger partial charge in [0, 0.05) is 6.04 Å². The van der Waals surface area contributed by atoms with Crippen LogP contribution in [0.5, 0.6) is 0 Å². The summed E-state index contributed by atoms with van der Waals surface area (Å²) in [5.41, 5.74) is 22.2. The molecular formula is C24H56N4S. The van der Waals surface area contributed by atoms with E-state index in [0.29, 0.717) is 6.04 Å². The van der Waals surface area contributed by atoms with E-state index in [2.05, 4.69) is 6.92 Å². The fourth-order valence-corrected chi connectivity index (χ4v) is 4.18. The van der Waals surface area contributed by atoms with Crippen LogP contribution in [0.2, 0.25) is 0 Å². The second kappa shape index (κ2) is 30.4. The van der Waals surface area contributed by atoms with Crippen molar-refractivity contribution in [2.75, 3.05) is 31.1 Å². The van der Waals surface area contributed by atoms with Crippen molar-refractivity contribution in [2.45, 2.75) is 122 Å². The number of unbranched alkanes of at least 4 members (excludes halogenated alkanes) is 11. The minimum Gasteiger partial charge on any atom is -0.330 e. The molecular weight excluding hydrogens is 376 g/mol. The van der Waals surface area contributed by atoms with E-state index in [1.807, 2.05) is 11.8 Å². The highest BCUT2D eigenvalue weighted by Crippen LogP contribution is 2.13. The second-order valence-corrected chi connectivity index (χ2v) is 9.49. The van der Waals surface area contributed by atoms with Crippen molar-refractivity contribution in [3.63, 3.8) is 0 Å². The van der Waals surface area contributed by atoms with E-state index in [4.69, 9.17) is 22.9 Å². The number of nitrogens with two attached hydrogens (primary N) is 4. The first-order valence-corrected chi connectivity index (χ1v) is 13.8. The van der Waals surface area contributed by atoms with Gasteiger partial charge in [0.15, 0.2) is 0 Å². The van der Waals surface area contributed by atoms with E-state index in [0.717, 1.165) is 32.5 Å². The Bertz CT molecular complexity index is 261. The molecule has 4 nitrogen and oxygen atoms in total. The second-order valence-electron chi connectivity index (χ2n) is 8.27. The average Bonchev–Trinajstić information content (AvgIpc) is 2.73. The standard InChI is InChI=1S/C18H40N2.C6H16N2S/c1-2-3-4-12-15-18(20)16-13-10-8-6-5-7-9-11-14-17-19;7-3-1-5-9-6-2-4-8/h18H,2-17,19-20H2,1H3;1-8H2. The Morgan fingerprint density at radius 3 is 1.31 bits per heavy atom. The van der Waals surface area contributed by atoms with Gasteiger partial charge in [-0.05, 0) is 63.2 Å². The third-order valence-electron chi connectivity index (χ3n) is 5.19. The van der Waals surface area contributed by atoms with E-state index in [9.17, 15) is 0 Å². The van der Waals surface area contributed by atoms with Crippen molar-refractivity contribution in [2.24, 2.45) is 22.9 Å². The van der Waals surface area contributed by atoms with Gasteiger partial charge in [0.05, 0.1) is 0 Å². The number of hydrogen-bond donors (Lipinski definition) is 4. The monoisotopic (exact) mass is 432 g/mol. The first-order chi connectivity index (χ1) is 14.2. The molecule has 0 saturated heterocycles. The molecule has 0 aliphatic heterocycles. The minimum absolute atomic E-state index is 0.461. The van der Waals surface area contributed by atoms with Crippen LogP contribution in [-0.4, -0.2) is 37.2 Å². The predicted octanol–water partition coefficient (Wildman–Crippen LogP) is 5.56. The largest absolute Gasteiger partial charge is 0.330 e. The van der Waals surface area contributed by atoms with E-state index >= 15 is 0 Å². The summed E-state index contributed by atoms with van der Waals surface area (Å²) in [6, 6.07) is 0.461. The summed E-state index contributed by atoms with van der Waals surface area (Å²) in [5.74, 6) is 2.38. The van der Waals surface area contributed by atoms with Crippen LogP contribution in [0.3, 0.4) is 0 Å². The van der Waals surface area contributed by atoms with Crippen LogP contribution in [0.4, 0.5) is 0 Å². The predicted molar refractivity (Wildman–Crippen MR) is 137 cm³/mol. The Hall–Kier alpha value is 0.190. The van der Waals surface area contributed by atoms with Gasteiger partial charge in [0.1, 0.15) is 0 Å². The Kier molecular flexibility index (Phi) is 32.9. The van der Waals surface area contributed by atoms with E-state index in [1.165, 1.54) is 108 Å². The highest BCUT2D eigenvalue weighted by atomic mass is 32.2. The smallest absolute Gasteiger partial charge is 0.00388 e. The first-order valence-electron chi connectivity index (χ1n) is 12.7. The molecule has 0 bridgehead atoms. The lowest BCUT2D eigenvalue weighted by Gasteiger charge is -2.11. The quantitative estimate of drug-likeness (QED) is 0.168. The third kappa shape index (κ3) is 33.0. The molecule has 0 aromatic rings. The van der Waals surface area contributed by atoms with Crippen LogP contribution in [0, 0.1) is 0 Å². The number of rotatable bonds is 22.